The molecule has 1 saturated heterocycles. The highest BCUT2D eigenvalue weighted by atomic mass is 16.5. The Kier molecular flexibility index (Phi) is 5.93. The van der Waals surface area contributed by atoms with E-state index in [0.717, 1.165) is 32.1 Å². The zero-order chi connectivity index (χ0) is 22.0. The molecule has 0 spiro atoms. The maximum Gasteiger partial charge on any atom is 0.295 e. The number of carbonyl (C=O) groups excluding carboxylic acids is 2. The average molecular weight is 422 g/mol. The largest absolute Gasteiger partial charge is 0.506 e. The number of aromatic nitrogens is 1. The van der Waals surface area contributed by atoms with Crippen molar-refractivity contribution in [3.63, 3.8) is 0 Å². The van der Waals surface area contributed by atoms with Gasteiger partial charge in [-0.05, 0) is 36.6 Å². The van der Waals surface area contributed by atoms with Crippen LogP contribution in [0.25, 0.3) is 5.76 Å². The molecular weight excluding hydrogens is 396 g/mol. The fourth-order valence-corrected chi connectivity index (χ4v) is 4.67. The summed E-state index contributed by atoms with van der Waals surface area (Å²) in [4.78, 5) is 32.3. The monoisotopic (exact) mass is 422 g/mol. The third-order valence-corrected chi connectivity index (χ3v) is 6.11. The third kappa shape index (κ3) is 3.65. The molecule has 1 unspecified atom stereocenters. The van der Waals surface area contributed by atoms with E-state index in [1.807, 2.05) is 6.07 Å². The van der Waals surface area contributed by atoms with Crippen LogP contribution >= 0.6 is 0 Å². The Labute approximate surface area is 181 Å². The van der Waals surface area contributed by atoms with Crippen molar-refractivity contribution in [2.45, 2.75) is 44.2 Å². The molecular formula is C24H26N2O5. The average Bonchev–Trinajstić information content (AvgIpc) is 3.09. The number of likely N-dealkylation sites (tertiary alicyclic amines) is 1. The van der Waals surface area contributed by atoms with Crippen LogP contribution in [-0.2, 0) is 9.59 Å². The number of nitrogens with zero attached hydrogens (tertiary/aromatic N) is 2. The molecule has 7 nitrogen and oxygen atoms in total. The lowest BCUT2D eigenvalue weighted by molar-refractivity contribution is -0.141. The van der Waals surface area contributed by atoms with Crippen molar-refractivity contribution in [3.8, 4) is 11.5 Å². The molecule has 1 N–H and O–H groups in total. The van der Waals surface area contributed by atoms with Crippen molar-refractivity contribution < 1.29 is 24.2 Å². The molecule has 1 aliphatic carbocycles. The number of methoxy groups -OCH3 is 2. The van der Waals surface area contributed by atoms with Gasteiger partial charge in [0.2, 0.25) is 0 Å². The van der Waals surface area contributed by atoms with Crippen LogP contribution in [0.15, 0.2) is 48.3 Å². The summed E-state index contributed by atoms with van der Waals surface area (Å²) >= 11 is 0. The summed E-state index contributed by atoms with van der Waals surface area (Å²) in [6.07, 6.45) is 8.08. The molecule has 2 heterocycles. The number of Topliss-reactive ketones (excluding diaryl/α,β-unsaturated/α-hetero) is 1. The lowest BCUT2D eigenvalue weighted by Crippen LogP contribution is -2.40. The second-order valence-electron chi connectivity index (χ2n) is 7.82. The normalized spacial score (nSPS) is 21.4. The summed E-state index contributed by atoms with van der Waals surface area (Å²) < 4.78 is 10.8. The number of rotatable bonds is 5. The van der Waals surface area contributed by atoms with Crippen LogP contribution in [0.4, 0.5) is 0 Å². The lowest BCUT2D eigenvalue weighted by atomic mass is 9.91. The number of ether oxygens (including phenoxy) is 2. The first-order valence-electron chi connectivity index (χ1n) is 10.5. The van der Waals surface area contributed by atoms with Crippen LogP contribution < -0.4 is 9.47 Å². The number of aliphatic hydroxyl groups excluding tert-OH is 1. The van der Waals surface area contributed by atoms with E-state index in [1.165, 1.54) is 14.2 Å². The predicted molar refractivity (Wildman–Crippen MR) is 115 cm³/mol. The van der Waals surface area contributed by atoms with Crippen molar-refractivity contribution in [1.82, 2.24) is 9.88 Å². The molecule has 1 aromatic carbocycles. The Morgan fingerprint density at radius 3 is 2.29 bits per heavy atom. The zero-order valence-corrected chi connectivity index (χ0v) is 17.7. The predicted octanol–water partition coefficient (Wildman–Crippen LogP) is 3.85. The van der Waals surface area contributed by atoms with Crippen molar-refractivity contribution in [2.24, 2.45) is 0 Å². The first kappa shape index (κ1) is 20.9. The standard InChI is InChI=1S/C24H26N2O5/c1-30-17-11-6-12-18(31-2)19(17)22(27)20-21(15-8-7-13-25-14-15)26(24(29)23(20)28)16-9-4-3-5-10-16/h6-8,11-14,16,21,27H,3-5,9-10H2,1-2H3/b22-20+. The molecule has 0 radical (unpaired) electrons. The van der Waals surface area contributed by atoms with E-state index in [2.05, 4.69) is 4.98 Å². The molecule has 31 heavy (non-hydrogen) atoms. The SMILES string of the molecule is COc1cccc(OC)c1/C(O)=C1\C(=O)C(=O)N(C2CCCCC2)C1c1cccnc1. The van der Waals surface area contributed by atoms with Gasteiger partial charge in [0.15, 0.2) is 0 Å². The smallest absolute Gasteiger partial charge is 0.295 e. The van der Waals surface area contributed by atoms with E-state index >= 15 is 0 Å². The summed E-state index contributed by atoms with van der Waals surface area (Å²) in [7, 11) is 2.95. The molecule has 1 aliphatic heterocycles. The first-order chi connectivity index (χ1) is 15.1. The van der Waals surface area contributed by atoms with Gasteiger partial charge in [-0.15, -0.1) is 0 Å². The van der Waals surface area contributed by atoms with E-state index in [9.17, 15) is 14.7 Å². The number of hydrogen-bond donors (Lipinski definition) is 1. The number of benzene rings is 1. The highest BCUT2D eigenvalue weighted by Gasteiger charge is 2.49. The molecule has 7 heteroatoms. The molecule has 2 aliphatic rings. The summed E-state index contributed by atoms with van der Waals surface area (Å²) in [5.74, 6) is -0.892. The molecule has 1 atom stereocenters. The van der Waals surface area contributed by atoms with Crippen molar-refractivity contribution in [1.29, 1.82) is 0 Å². The minimum atomic E-state index is -0.716. The third-order valence-electron chi connectivity index (χ3n) is 6.11. The van der Waals surface area contributed by atoms with Crippen LogP contribution in [0.2, 0.25) is 0 Å². The fourth-order valence-electron chi connectivity index (χ4n) is 4.67. The van der Waals surface area contributed by atoms with Gasteiger partial charge in [-0.2, -0.15) is 0 Å². The van der Waals surface area contributed by atoms with Gasteiger partial charge in [0.05, 0.1) is 25.8 Å². The maximum absolute atomic E-state index is 13.2. The molecule has 2 aromatic rings. The highest BCUT2D eigenvalue weighted by molar-refractivity contribution is 6.46. The Morgan fingerprint density at radius 2 is 1.71 bits per heavy atom. The van der Waals surface area contributed by atoms with E-state index in [1.54, 1.807) is 41.6 Å². The van der Waals surface area contributed by atoms with Crippen LogP contribution in [0, 0.1) is 0 Å². The highest BCUT2D eigenvalue weighted by Crippen LogP contribution is 2.45. The molecule has 1 saturated carbocycles. The Morgan fingerprint density at radius 1 is 1.03 bits per heavy atom. The Bertz CT molecular complexity index is 990. The molecule has 162 valence electrons. The fraction of sp³-hybridized carbons (Fsp3) is 0.375. The molecule has 0 bridgehead atoms. The van der Waals surface area contributed by atoms with E-state index in [-0.39, 0.29) is 22.9 Å². The van der Waals surface area contributed by atoms with Crippen molar-refractivity contribution >= 4 is 17.4 Å². The van der Waals surface area contributed by atoms with Crippen LogP contribution in [0.1, 0.15) is 49.3 Å². The van der Waals surface area contributed by atoms with Crippen LogP contribution in [0.5, 0.6) is 11.5 Å². The Hall–Kier alpha value is -3.35. The number of amides is 1. The quantitative estimate of drug-likeness (QED) is 0.447. The second kappa shape index (κ2) is 8.79. The van der Waals surface area contributed by atoms with Gasteiger partial charge in [0.25, 0.3) is 11.7 Å². The number of aliphatic hydroxyl groups is 1. The summed E-state index contributed by atoms with van der Waals surface area (Å²) in [6.45, 7) is 0. The van der Waals surface area contributed by atoms with Crippen LogP contribution in [0.3, 0.4) is 0 Å². The first-order valence-corrected chi connectivity index (χ1v) is 10.5. The van der Waals surface area contributed by atoms with Gasteiger partial charge in [-0.25, -0.2) is 0 Å². The van der Waals surface area contributed by atoms with Gasteiger partial charge in [0, 0.05) is 18.4 Å². The van der Waals surface area contributed by atoms with Gasteiger partial charge in [-0.3, -0.25) is 14.6 Å². The van der Waals surface area contributed by atoms with E-state index < -0.39 is 17.7 Å². The molecule has 4 rings (SSSR count). The van der Waals surface area contributed by atoms with Gasteiger partial charge in [0.1, 0.15) is 22.8 Å². The number of hydrogen-bond acceptors (Lipinski definition) is 6. The summed E-state index contributed by atoms with van der Waals surface area (Å²) in [5, 5.41) is 11.4. The molecule has 1 amide bonds. The minimum Gasteiger partial charge on any atom is -0.506 e. The number of pyridine rings is 1. The Balaban J connectivity index is 1.93. The van der Waals surface area contributed by atoms with Crippen molar-refractivity contribution in [3.05, 3.63) is 59.4 Å². The maximum atomic E-state index is 13.2. The molecule has 2 fully saturated rings. The van der Waals surface area contributed by atoms with Gasteiger partial charge in [-0.1, -0.05) is 31.4 Å². The summed E-state index contributed by atoms with van der Waals surface area (Å²) in [6, 6.07) is 7.90. The zero-order valence-electron chi connectivity index (χ0n) is 17.7. The van der Waals surface area contributed by atoms with Crippen LogP contribution in [-0.4, -0.2) is 46.9 Å². The topological polar surface area (TPSA) is 89.0 Å². The lowest BCUT2D eigenvalue weighted by Gasteiger charge is -2.35. The number of carbonyl (C=O) groups is 2. The van der Waals surface area contributed by atoms with Crippen molar-refractivity contribution in [2.75, 3.05) is 14.2 Å². The van der Waals surface area contributed by atoms with E-state index in [4.69, 9.17) is 9.47 Å². The molecule has 1 aromatic heterocycles. The van der Waals surface area contributed by atoms with Gasteiger partial charge < -0.3 is 19.5 Å². The summed E-state index contributed by atoms with van der Waals surface area (Å²) in [5.41, 5.74) is 0.970. The number of ketones is 1. The second-order valence-corrected chi connectivity index (χ2v) is 7.82. The van der Waals surface area contributed by atoms with E-state index in [0.29, 0.717) is 17.1 Å². The van der Waals surface area contributed by atoms with Gasteiger partial charge >= 0.3 is 0 Å². The minimum absolute atomic E-state index is 0.0337.